The number of hydrogen-bond donors (Lipinski definition) is 3. The van der Waals surface area contributed by atoms with Gasteiger partial charge in [-0.3, -0.25) is 9.78 Å². The zero-order valence-corrected chi connectivity index (χ0v) is 17.7. The van der Waals surface area contributed by atoms with Crippen LogP contribution in [0.2, 0.25) is 0 Å². The van der Waals surface area contributed by atoms with Crippen molar-refractivity contribution in [3.8, 4) is 5.75 Å². The van der Waals surface area contributed by atoms with Crippen LogP contribution in [0, 0.1) is 0 Å². The minimum absolute atomic E-state index is 0.147. The lowest BCUT2D eigenvalue weighted by molar-refractivity contribution is 0.0954. The predicted molar refractivity (Wildman–Crippen MR) is 118 cm³/mol. The maximum atomic E-state index is 12.1. The molecule has 0 bridgehead atoms. The van der Waals surface area contributed by atoms with Crippen LogP contribution < -0.4 is 20.7 Å². The Morgan fingerprint density at radius 1 is 1.07 bits per heavy atom. The summed E-state index contributed by atoms with van der Waals surface area (Å²) in [6.45, 7) is 5.70. The largest absolute Gasteiger partial charge is 0.497 e. The lowest BCUT2D eigenvalue weighted by Gasteiger charge is -2.13. The molecule has 0 radical (unpaired) electrons. The number of nitrogens with one attached hydrogen (secondary N) is 3. The molecule has 0 atom stereocenters. The van der Waals surface area contributed by atoms with Crippen LogP contribution in [-0.4, -0.2) is 56.8 Å². The van der Waals surface area contributed by atoms with E-state index in [1.165, 1.54) is 0 Å². The minimum Gasteiger partial charge on any atom is -0.497 e. The summed E-state index contributed by atoms with van der Waals surface area (Å²) in [7, 11) is 1.65. The highest BCUT2D eigenvalue weighted by atomic mass is 16.5. The van der Waals surface area contributed by atoms with Gasteiger partial charge in [0, 0.05) is 45.2 Å². The molecule has 1 heterocycles. The van der Waals surface area contributed by atoms with Crippen molar-refractivity contribution in [2.24, 2.45) is 4.99 Å². The number of methoxy groups -OCH3 is 1. The summed E-state index contributed by atoms with van der Waals surface area (Å²) >= 11 is 0. The first kappa shape index (κ1) is 23.2. The summed E-state index contributed by atoms with van der Waals surface area (Å²) in [6.07, 6.45) is 4.07. The number of ether oxygens (including phenoxy) is 2. The highest BCUT2D eigenvalue weighted by Crippen LogP contribution is 2.11. The van der Waals surface area contributed by atoms with Gasteiger partial charge in [0.1, 0.15) is 5.75 Å². The molecule has 0 aliphatic heterocycles. The van der Waals surface area contributed by atoms with Gasteiger partial charge in [-0.1, -0.05) is 12.1 Å². The van der Waals surface area contributed by atoms with E-state index in [1.807, 2.05) is 31.2 Å². The number of carbonyl (C=O) groups excluding carboxylic acids is 1. The van der Waals surface area contributed by atoms with Gasteiger partial charge in [0.15, 0.2) is 5.96 Å². The molecule has 8 nitrogen and oxygen atoms in total. The van der Waals surface area contributed by atoms with Crippen LogP contribution in [0.5, 0.6) is 5.75 Å². The average molecular weight is 414 g/mol. The molecule has 8 heteroatoms. The number of pyridine rings is 1. The zero-order chi connectivity index (χ0) is 21.4. The van der Waals surface area contributed by atoms with E-state index in [0.29, 0.717) is 44.4 Å². The molecule has 2 rings (SSSR count). The van der Waals surface area contributed by atoms with Gasteiger partial charge in [0.2, 0.25) is 0 Å². The van der Waals surface area contributed by atoms with Crippen molar-refractivity contribution in [1.29, 1.82) is 0 Å². The maximum absolute atomic E-state index is 12.1. The summed E-state index contributed by atoms with van der Waals surface area (Å²) in [6, 6.07) is 11.3. The third-order valence-electron chi connectivity index (χ3n) is 4.17. The van der Waals surface area contributed by atoms with Crippen molar-refractivity contribution in [2.45, 2.75) is 19.9 Å². The van der Waals surface area contributed by atoms with E-state index in [4.69, 9.17) is 9.47 Å². The van der Waals surface area contributed by atoms with E-state index in [0.717, 1.165) is 24.3 Å². The fraction of sp³-hybridized carbons (Fsp3) is 0.409. The van der Waals surface area contributed by atoms with E-state index >= 15 is 0 Å². The molecule has 0 saturated heterocycles. The topological polar surface area (TPSA) is 96.9 Å². The summed E-state index contributed by atoms with van der Waals surface area (Å²) < 4.78 is 10.6. The molecule has 162 valence electrons. The third kappa shape index (κ3) is 8.91. The van der Waals surface area contributed by atoms with Gasteiger partial charge in [-0.25, -0.2) is 4.99 Å². The normalized spacial score (nSPS) is 11.1. The Hall–Kier alpha value is -3.13. The second-order valence-corrected chi connectivity index (χ2v) is 6.41. The second kappa shape index (κ2) is 13.9. The van der Waals surface area contributed by atoms with E-state index in [1.54, 1.807) is 31.6 Å². The van der Waals surface area contributed by atoms with Crippen LogP contribution in [0.3, 0.4) is 0 Å². The van der Waals surface area contributed by atoms with Crippen LogP contribution in [0.1, 0.15) is 29.3 Å². The number of rotatable bonds is 12. The van der Waals surface area contributed by atoms with Gasteiger partial charge in [0.25, 0.3) is 5.91 Å². The molecule has 30 heavy (non-hydrogen) atoms. The number of hydrogen-bond acceptors (Lipinski definition) is 5. The molecule has 0 saturated carbocycles. The molecule has 0 aliphatic carbocycles. The monoisotopic (exact) mass is 413 g/mol. The third-order valence-corrected chi connectivity index (χ3v) is 4.17. The zero-order valence-electron chi connectivity index (χ0n) is 17.7. The Morgan fingerprint density at radius 2 is 1.83 bits per heavy atom. The Morgan fingerprint density at radius 3 is 2.53 bits per heavy atom. The van der Waals surface area contributed by atoms with E-state index in [2.05, 4.69) is 25.9 Å². The lowest BCUT2D eigenvalue weighted by Crippen LogP contribution is -2.42. The predicted octanol–water partition coefficient (Wildman–Crippen LogP) is 1.98. The van der Waals surface area contributed by atoms with Crippen molar-refractivity contribution in [3.05, 3.63) is 59.9 Å². The van der Waals surface area contributed by atoms with Gasteiger partial charge in [0.05, 0.1) is 19.2 Å². The highest BCUT2D eigenvalue weighted by molar-refractivity contribution is 5.93. The van der Waals surface area contributed by atoms with Crippen LogP contribution in [0.25, 0.3) is 0 Å². The Labute approximate surface area is 178 Å². The van der Waals surface area contributed by atoms with Gasteiger partial charge in [-0.05, 0) is 43.2 Å². The van der Waals surface area contributed by atoms with Crippen LogP contribution in [0.15, 0.2) is 53.8 Å². The van der Waals surface area contributed by atoms with Crippen molar-refractivity contribution in [1.82, 2.24) is 20.9 Å². The Kier molecular flexibility index (Phi) is 10.8. The quantitative estimate of drug-likeness (QED) is 0.280. The maximum Gasteiger partial charge on any atom is 0.252 e. The average Bonchev–Trinajstić information content (AvgIpc) is 2.80. The first-order valence-electron chi connectivity index (χ1n) is 10.1. The molecule has 0 spiro atoms. The highest BCUT2D eigenvalue weighted by Gasteiger charge is 2.04. The summed E-state index contributed by atoms with van der Waals surface area (Å²) in [4.78, 5) is 20.7. The minimum atomic E-state index is -0.147. The molecule has 1 amide bonds. The van der Waals surface area contributed by atoms with E-state index in [9.17, 15) is 4.79 Å². The molecule has 1 aromatic heterocycles. The molecule has 3 N–H and O–H groups in total. The van der Waals surface area contributed by atoms with Gasteiger partial charge >= 0.3 is 0 Å². The van der Waals surface area contributed by atoms with Gasteiger partial charge in [-0.15, -0.1) is 0 Å². The van der Waals surface area contributed by atoms with Gasteiger partial charge < -0.3 is 25.4 Å². The summed E-state index contributed by atoms with van der Waals surface area (Å²) in [5, 5.41) is 9.42. The number of guanidine groups is 1. The first-order chi connectivity index (χ1) is 14.7. The molecule has 1 aromatic carbocycles. The van der Waals surface area contributed by atoms with Crippen molar-refractivity contribution in [2.75, 3.05) is 40.0 Å². The molecule has 0 fully saturated rings. The summed E-state index contributed by atoms with van der Waals surface area (Å²) in [5.41, 5.74) is 1.62. The molecule has 0 unspecified atom stereocenters. The molecule has 2 aromatic rings. The fourth-order valence-electron chi connectivity index (χ4n) is 2.56. The van der Waals surface area contributed by atoms with Crippen molar-refractivity contribution in [3.63, 3.8) is 0 Å². The number of aromatic nitrogens is 1. The van der Waals surface area contributed by atoms with Crippen LogP contribution >= 0.6 is 0 Å². The van der Waals surface area contributed by atoms with Crippen LogP contribution in [0.4, 0.5) is 0 Å². The number of nitrogens with zero attached hydrogens (tertiary/aromatic N) is 2. The molecular formula is C22H31N5O3. The van der Waals surface area contributed by atoms with Crippen LogP contribution in [-0.2, 0) is 11.3 Å². The Bertz CT molecular complexity index is 766. The number of benzene rings is 1. The smallest absolute Gasteiger partial charge is 0.252 e. The fourth-order valence-corrected chi connectivity index (χ4v) is 2.56. The lowest BCUT2D eigenvalue weighted by atomic mass is 10.2. The first-order valence-corrected chi connectivity index (χ1v) is 10.1. The summed E-state index contributed by atoms with van der Waals surface area (Å²) in [5.74, 6) is 1.36. The molecular weight excluding hydrogens is 382 g/mol. The number of carbonyl (C=O) groups is 1. The van der Waals surface area contributed by atoms with Crippen molar-refractivity contribution >= 4 is 11.9 Å². The number of amides is 1. The van der Waals surface area contributed by atoms with Crippen molar-refractivity contribution < 1.29 is 14.3 Å². The Balaban J connectivity index is 1.82. The standard InChI is InChI=1S/C22H31N5O3/c1-3-30-15-5-12-25-22(27-16-18-7-9-20(29-2)10-8-18)26-14-13-24-21(28)19-6-4-11-23-17-19/h4,6-11,17H,3,5,12-16H2,1-2H3,(H,24,28)(H2,25,26,27). The van der Waals surface area contributed by atoms with E-state index < -0.39 is 0 Å². The SMILES string of the molecule is CCOCCCNC(=NCc1ccc(OC)cc1)NCCNC(=O)c1cccnc1. The van der Waals surface area contributed by atoms with E-state index in [-0.39, 0.29) is 5.91 Å². The number of aliphatic imine (C=N–C) groups is 1. The van der Waals surface area contributed by atoms with Gasteiger partial charge in [-0.2, -0.15) is 0 Å². The molecule has 0 aliphatic rings. The second-order valence-electron chi connectivity index (χ2n) is 6.41.